The van der Waals surface area contributed by atoms with E-state index in [1.54, 1.807) is 0 Å². The van der Waals surface area contributed by atoms with Gasteiger partial charge in [-0.05, 0) is 37.7 Å². The van der Waals surface area contributed by atoms with Gasteiger partial charge in [-0.2, -0.15) is 0 Å². The zero-order valence-corrected chi connectivity index (χ0v) is 10.6. The minimum atomic E-state index is -0.0462. The van der Waals surface area contributed by atoms with Crippen LogP contribution in [0.5, 0.6) is 0 Å². The maximum absolute atomic E-state index is 11.5. The van der Waals surface area contributed by atoms with E-state index in [4.69, 9.17) is 5.73 Å². The smallest absolute Gasteiger partial charge is 0.238 e. The summed E-state index contributed by atoms with van der Waals surface area (Å²) >= 11 is 3.34. The van der Waals surface area contributed by atoms with Gasteiger partial charge < -0.3 is 16.4 Å². The molecule has 0 aliphatic carbocycles. The van der Waals surface area contributed by atoms with Crippen LogP contribution in [0, 0.1) is 0 Å². The fourth-order valence-electron chi connectivity index (χ4n) is 1.20. The Morgan fingerprint density at radius 1 is 1.44 bits per heavy atom. The number of halogens is 1. The molecule has 88 valence electrons. The van der Waals surface area contributed by atoms with E-state index in [0.29, 0.717) is 13.1 Å². The highest BCUT2D eigenvalue weighted by Crippen LogP contribution is 2.15. The van der Waals surface area contributed by atoms with Gasteiger partial charge >= 0.3 is 0 Å². The van der Waals surface area contributed by atoms with E-state index >= 15 is 0 Å². The number of nitrogens with one attached hydrogen (secondary N) is 2. The fourth-order valence-corrected chi connectivity index (χ4v) is 1.60. The van der Waals surface area contributed by atoms with Crippen molar-refractivity contribution in [2.45, 2.75) is 6.42 Å². The summed E-state index contributed by atoms with van der Waals surface area (Å²) in [5.41, 5.74) is 6.13. The molecule has 5 heteroatoms. The molecule has 0 saturated heterocycles. The van der Waals surface area contributed by atoms with Crippen molar-refractivity contribution >= 4 is 27.5 Å². The van der Waals surface area contributed by atoms with Gasteiger partial charge in [-0.1, -0.05) is 22.0 Å². The third-order valence-electron chi connectivity index (χ3n) is 1.95. The second-order valence-corrected chi connectivity index (χ2v) is 4.29. The number of nitrogens with two attached hydrogens (primary N) is 1. The quantitative estimate of drug-likeness (QED) is 0.691. The molecule has 0 saturated carbocycles. The first-order chi connectivity index (χ1) is 7.72. The van der Waals surface area contributed by atoms with Crippen molar-refractivity contribution in [3.8, 4) is 0 Å². The normalized spacial score (nSPS) is 10.1. The molecule has 4 N–H and O–H groups in total. The highest BCUT2D eigenvalue weighted by Gasteiger charge is 2.01. The van der Waals surface area contributed by atoms with Gasteiger partial charge in [0.15, 0.2) is 0 Å². The molecule has 0 bridgehead atoms. The minimum absolute atomic E-state index is 0.0462. The van der Waals surface area contributed by atoms with Crippen molar-refractivity contribution in [2.24, 2.45) is 5.73 Å². The Hall–Kier alpha value is -0.910. The summed E-state index contributed by atoms with van der Waals surface area (Å²) in [5.74, 6) is -0.0462. The summed E-state index contributed by atoms with van der Waals surface area (Å²) in [4.78, 5) is 11.5. The van der Waals surface area contributed by atoms with Crippen molar-refractivity contribution in [1.82, 2.24) is 5.32 Å². The lowest BCUT2D eigenvalue weighted by Gasteiger charge is -2.06. The van der Waals surface area contributed by atoms with E-state index < -0.39 is 0 Å². The monoisotopic (exact) mass is 285 g/mol. The molecule has 4 nitrogen and oxygen atoms in total. The maximum Gasteiger partial charge on any atom is 0.238 e. The zero-order valence-electron chi connectivity index (χ0n) is 9.00. The first kappa shape index (κ1) is 13.2. The molecule has 0 aliphatic heterocycles. The van der Waals surface area contributed by atoms with Gasteiger partial charge in [-0.3, -0.25) is 4.79 Å². The van der Waals surface area contributed by atoms with Crippen LogP contribution in [0.1, 0.15) is 6.42 Å². The van der Waals surface area contributed by atoms with E-state index in [2.05, 4.69) is 26.6 Å². The molecule has 0 radical (unpaired) electrons. The number of carbonyl (C=O) groups excluding carboxylic acids is 1. The summed E-state index contributed by atoms with van der Waals surface area (Å²) in [6, 6.07) is 7.50. The SMILES string of the molecule is NCCCNCC(=O)Nc1cccc(Br)c1. The van der Waals surface area contributed by atoms with Crippen LogP contribution in [0.3, 0.4) is 0 Å². The van der Waals surface area contributed by atoms with Crippen LogP contribution < -0.4 is 16.4 Å². The van der Waals surface area contributed by atoms with Crippen LogP contribution in [-0.4, -0.2) is 25.5 Å². The van der Waals surface area contributed by atoms with Crippen molar-refractivity contribution in [3.05, 3.63) is 28.7 Å². The van der Waals surface area contributed by atoms with Gasteiger partial charge in [0.05, 0.1) is 6.54 Å². The third-order valence-corrected chi connectivity index (χ3v) is 2.44. The van der Waals surface area contributed by atoms with Crippen LogP contribution in [0.4, 0.5) is 5.69 Å². The first-order valence-corrected chi connectivity index (χ1v) is 5.98. The van der Waals surface area contributed by atoms with E-state index in [9.17, 15) is 4.79 Å². The van der Waals surface area contributed by atoms with Gasteiger partial charge in [0.1, 0.15) is 0 Å². The number of anilines is 1. The van der Waals surface area contributed by atoms with Crippen LogP contribution in [0.2, 0.25) is 0 Å². The summed E-state index contributed by atoms with van der Waals surface area (Å²) in [6.45, 7) is 1.72. The highest BCUT2D eigenvalue weighted by molar-refractivity contribution is 9.10. The molecule has 0 aromatic heterocycles. The Balaban J connectivity index is 2.29. The molecule has 16 heavy (non-hydrogen) atoms. The molecular formula is C11H16BrN3O. The minimum Gasteiger partial charge on any atom is -0.330 e. The molecule has 0 unspecified atom stereocenters. The molecular weight excluding hydrogens is 270 g/mol. The van der Waals surface area contributed by atoms with Gasteiger partial charge in [0.2, 0.25) is 5.91 Å². The topological polar surface area (TPSA) is 67.1 Å². The molecule has 1 aromatic carbocycles. The van der Waals surface area contributed by atoms with Gasteiger partial charge in [0.25, 0.3) is 0 Å². The Kier molecular flexibility index (Phi) is 6.07. The van der Waals surface area contributed by atoms with Crippen LogP contribution >= 0.6 is 15.9 Å². The molecule has 0 spiro atoms. The molecule has 1 rings (SSSR count). The molecule has 0 fully saturated rings. The lowest BCUT2D eigenvalue weighted by Crippen LogP contribution is -2.29. The van der Waals surface area contributed by atoms with Crippen LogP contribution in [0.15, 0.2) is 28.7 Å². The van der Waals surface area contributed by atoms with Crippen molar-refractivity contribution < 1.29 is 4.79 Å². The van der Waals surface area contributed by atoms with E-state index in [1.807, 2.05) is 24.3 Å². The Morgan fingerprint density at radius 2 is 2.25 bits per heavy atom. The number of rotatable bonds is 6. The van der Waals surface area contributed by atoms with Crippen molar-refractivity contribution in [2.75, 3.05) is 25.0 Å². The summed E-state index contributed by atoms with van der Waals surface area (Å²) in [6.07, 6.45) is 0.879. The Bertz CT molecular complexity index is 344. The zero-order chi connectivity index (χ0) is 11.8. The predicted molar refractivity (Wildman–Crippen MR) is 69.3 cm³/mol. The third kappa shape index (κ3) is 5.25. The van der Waals surface area contributed by atoms with Gasteiger partial charge in [0, 0.05) is 10.2 Å². The number of amides is 1. The molecule has 0 heterocycles. The molecule has 1 amide bonds. The summed E-state index contributed by atoms with van der Waals surface area (Å²) < 4.78 is 0.946. The number of benzene rings is 1. The van der Waals surface area contributed by atoms with Crippen molar-refractivity contribution in [1.29, 1.82) is 0 Å². The lowest BCUT2D eigenvalue weighted by atomic mass is 10.3. The average Bonchev–Trinajstić information content (AvgIpc) is 2.24. The lowest BCUT2D eigenvalue weighted by molar-refractivity contribution is -0.115. The number of carbonyl (C=O) groups is 1. The number of hydrogen-bond acceptors (Lipinski definition) is 3. The van der Waals surface area contributed by atoms with Crippen molar-refractivity contribution in [3.63, 3.8) is 0 Å². The van der Waals surface area contributed by atoms with Gasteiger partial charge in [-0.25, -0.2) is 0 Å². The Labute approximate surface area is 104 Å². The van der Waals surface area contributed by atoms with E-state index in [-0.39, 0.29) is 5.91 Å². The molecule has 0 atom stereocenters. The number of hydrogen-bond donors (Lipinski definition) is 3. The Morgan fingerprint density at radius 3 is 2.94 bits per heavy atom. The first-order valence-electron chi connectivity index (χ1n) is 5.18. The summed E-state index contributed by atoms with van der Waals surface area (Å²) in [5, 5.41) is 5.81. The second kappa shape index (κ2) is 7.38. The largest absolute Gasteiger partial charge is 0.330 e. The predicted octanol–water partition coefficient (Wildman–Crippen LogP) is 1.33. The van der Waals surface area contributed by atoms with E-state index in [0.717, 1.165) is 23.1 Å². The highest BCUT2D eigenvalue weighted by atomic mass is 79.9. The van der Waals surface area contributed by atoms with Crippen LogP contribution in [-0.2, 0) is 4.79 Å². The fraction of sp³-hybridized carbons (Fsp3) is 0.364. The maximum atomic E-state index is 11.5. The second-order valence-electron chi connectivity index (χ2n) is 3.38. The molecule has 0 aliphatic rings. The standard InChI is InChI=1S/C11H16BrN3O/c12-9-3-1-4-10(7-9)15-11(16)8-14-6-2-5-13/h1,3-4,7,14H,2,5-6,8,13H2,(H,15,16). The molecule has 1 aromatic rings. The van der Waals surface area contributed by atoms with Crippen LogP contribution in [0.25, 0.3) is 0 Å². The van der Waals surface area contributed by atoms with E-state index in [1.165, 1.54) is 0 Å². The van der Waals surface area contributed by atoms with Gasteiger partial charge in [-0.15, -0.1) is 0 Å². The average molecular weight is 286 g/mol. The summed E-state index contributed by atoms with van der Waals surface area (Å²) in [7, 11) is 0.